The van der Waals surface area contributed by atoms with E-state index in [2.05, 4.69) is 10.6 Å². The van der Waals surface area contributed by atoms with Gasteiger partial charge in [-0.3, -0.25) is 0 Å². The predicted molar refractivity (Wildman–Crippen MR) is 78.0 cm³/mol. The van der Waals surface area contributed by atoms with Crippen molar-refractivity contribution < 1.29 is 19.4 Å². The summed E-state index contributed by atoms with van der Waals surface area (Å²) in [5.74, 6) is 0. The number of unbranched alkanes of at least 4 members (excludes halogenated alkanes) is 7. The van der Waals surface area contributed by atoms with Gasteiger partial charge in [-0.15, -0.1) is 0 Å². The molecule has 20 heavy (non-hydrogen) atoms. The molecule has 0 spiro atoms. The van der Waals surface area contributed by atoms with Gasteiger partial charge in [0, 0.05) is 13.1 Å². The van der Waals surface area contributed by atoms with Crippen LogP contribution in [0.15, 0.2) is 0 Å². The zero-order chi connectivity index (χ0) is 15.1. The number of carboxylic acid groups (broad SMARTS) is 1. The highest BCUT2D eigenvalue weighted by Crippen LogP contribution is 2.08. The molecule has 6 heteroatoms. The average molecular weight is 288 g/mol. The van der Waals surface area contributed by atoms with Crippen molar-refractivity contribution in [2.45, 2.75) is 58.3 Å². The van der Waals surface area contributed by atoms with E-state index in [-0.39, 0.29) is 6.09 Å². The Morgan fingerprint density at radius 3 is 1.75 bits per heavy atom. The van der Waals surface area contributed by atoms with Crippen LogP contribution in [-0.2, 0) is 4.74 Å². The van der Waals surface area contributed by atoms with Crippen molar-refractivity contribution in [2.24, 2.45) is 0 Å². The van der Waals surface area contributed by atoms with Crippen LogP contribution in [0.4, 0.5) is 9.59 Å². The summed E-state index contributed by atoms with van der Waals surface area (Å²) >= 11 is 0. The second kappa shape index (κ2) is 14.0. The summed E-state index contributed by atoms with van der Waals surface area (Å²) in [7, 11) is 0. The molecule has 0 fully saturated rings. The number of hydrogen-bond donors (Lipinski definition) is 3. The SMILES string of the molecule is CCOC(=O)NCCCCCCCCCCNC(=O)O. The third kappa shape index (κ3) is 14.6. The van der Waals surface area contributed by atoms with E-state index in [0.29, 0.717) is 19.7 Å². The summed E-state index contributed by atoms with van der Waals surface area (Å²) in [6, 6.07) is 0. The van der Waals surface area contributed by atoms with Crippen molar-refractivity contribution in [3.8, 4) is 0 Å². The van der Waals surface area contributed by atoms with Crippen LogP contribution in [-0.4, -0.2) is 37.0 Å². The molecule has 0 bridgehead atoms. The maximum Gasteiger partial charge on any atom is 0.407 e. The molecular formula is C14H28N2O4. The number of alkyl carbamates (subject to hydrolysis) is 1. The zero-order valence-corrected chi connectivity index (χ0v) is 12.5. The summed E-state index contributed by atoms with van der Waals surface area (Å²) < 4.78 is 4.76. The molecule has 0 aliphatic heterocycles. The van der Waals surface area contributed by atoms with E-state index in [1.165, 1.54) is 19.3 Å². The molecule has 118 valence electrons. The molecule has 0 aliphatic rings. The number of nitrogens with one attached hydrogen (secondary N) is 2. The van der Waals surface area contributed by atoms with Gasteiger partial charge >= 0.3 is 12.2 Å². The van der Waals surface area contributed by atoms with Gasteiger partial charge in [-0.25, -0.2) is 9.59 Å². The van der Waals surface area contributed by atoms with Crippen LogP contribution in [0, 0.1) is 0 Å². The number of carbonyl (C=O) groups excluding carboxylic acids is 1. The first-order valence-corrected chi connectivity index (χ1v) is 7.54. The third-order valence-electron chi connectivity index (χ3n) is 2.92. The maximum absolute atomic E-state index is 11.0. The van der Waals surface area contributed by atoms with Crippen LogP contribution in [0.5, 0.6) is 0 Å². The first-order chi connectivity index (χ1) is 9.66. The summed E-state index contributed by atoms with van der Waals surface area (Å²) in [6.45, 7) is 3.43. The minimum Gasteiger partial charge on any atom is -0.465 e. The third-order valence-corrected chi connectivity index (χ3v) is 2.92. The van der Waals surface area contributed by atoms with Gasteiger partial charge in [-0.1, -0.05) is 38.5 Å². The Kier molecular flexibility index (Phi) is 12.9. The Bertz CT molecular complexity index is 260. The van der Waals surface area contributed by atoms with Gasteiger partial charge in [0.2, 0.25) is 0 Å². The smallest absolute Gasteiger partial charge is 0.407 e. The number of carbonyl (C=O) groups is 2. The lowest BCUT2D eigenvalue weighted by Gasteiger charge is -2.05. The maximum atomic E-state index is 11.0. The summed E-state index contributed by atoms with van der Waals surface area (Å²) in [5, 5.41) is 13.4. The molecule has 0 aromatic rings. The Hall–Kier alpha value is -1.46. The molecule has 0 unspecified atom stereocenters. The summed E-state index contributed by atoms with van der Waals surface area (Å²) in [5.41, 5.74) is 0. The first kappa shape index (κ1) is 18.5. The molecule has 3 N–H and O–H groups in total. The van der Waals surface area contributed by atoms with Crippen molar-refractivity contribution in [2.75, 3.05) is 19.7 Å². The highest BCUT2D eigenvalue weighted by atomic mass is 16.5. The van der Waals surface area contributed by atoms with Crippen LogP contribution >= 0.6 is 0 Å². The van der Waals surface area contributed by atoms with Gasteiger partial charge < -0.3 is 20.5 Å². The molecule has 2 amide bonds. The fourth-order valence-corrected chi connectivity index (χ4v) is 1.88. The first-order valence-electron chi connectivity index (χ1n) is 7.54. The van der Waals surface area contributed by atoms with E-state index in [0.717, 1.165) is 32.1 Å². The quantitative estimate of drug-likeness (QED) is 0.481. The molecule has 0 saturated carbocycles. The second-order valence-corrected chi connectivity index (χ2v) is 4.71. The monoisotopic (exact) mass is 288 g/mol. The van der Waals surface area contributed by atoms with E-state index in [4.69, 9.17) is 9.84 Å². The Labute approximate surface area is 121 Å². The number of rotatable bonds is 12. The van der Waals surface area contributed by atoms with Gasteiger partial charge in [0.15, 0.2) is 0 Å². The lowest BCUT2D eigenvalue weighted by Crippen LogP contribution is -2.25. The molecule has 6 nitrogen and oxygen atoms in total. The minimum absolute atomic E-state index is 0.331. The molecule has 0 aromatic carbocycles. The Balaban J connectivity index is 3.06. The summed E-state index contributed by atoms with van der Waals surface area (Å²) in [6.07, 6.45) is 7.54. The highest BCUT2D eigenvalue weighted by molar-refractivity contribution is 5.66. The van der Waals surface area contributed by atoms with Crippen molar-refractivity contribution in [3.05, 3.63) is 0 Å². The van der Waals surface area contributed by atoms with Crippen LogP contribution in [0.3, 0.4) is 0 Å². The van der Waals surface area contributed by atoms with E-state index in [1.807, 2.05) is 0 Å². The predicted octanol–water partition coefficient (Wildman–Crippen LogP) is 3.12. The molecule has 0 saturated heterocycles. The van der Waals surface area contributed by atoms with Gasteiger partial charge in [0.05, 0.1) is 6.61 Å². The van der Waals surface area contributed by atoms with E-state index < -0.39 is 6.09 Å². The van der Waals surface area contributed by atoms with Crippen molar-refractivity contribution in [3.63, 3.8) is 0 Å². The molecule has 0 aliphatic carbocycles. The van der Waals surface area contributed by atoms with Gasteiger partial charge in [-0.2, -0.15) is 0 Å². The second-order valence-electron chi connectivity index (χ2n) is 4.71. The fraction of sp³-hybridized carbons (Fsp3) is 0.857. The molecule has 0 heterocycles. The van der Waals surface area contributed by atoms with Gasteiger partial charge in [0.1, 0.15) is 0 Å². The van der Waals surface area contributed by atoms with E-state index >= 15 is 0 Å². The largest absolute Gasteiger partial charge is 0.465 e. The van der Waals surface area contributed by atoms with Crippen LogP contribution in [0.1, 0.15) is 58.3 Å². The van der Waals surface area contributed by atoms with Crippen LogP contribution in [0.2, 0.25) is 0 Å². The highest BCUT2D eigenvalue weighted by Gasteiger charge is 1.98. The lowest BCUT2D eigenvalue weighted by molar-refractivity contribution is 0.152. The molecule has 0 aromatic heterocycles. The standard InChI is InChI=1S/C14H28N2O4/c1-2-20-14(19)16-12-10-8-6-4-3-5-7-9-11-15-13(17)18/h15H,2-12H2,1H3,(H,16,19)(H,17,18). The topological polar surface area (TPSA) is 87.7 Å². The molecule has 0 radical (unpaired) electrons. The number of ether oxygens (including phenoxy) is 1. The van der Waals surface area contributed by atoms with Crippen LogP contribution in [0.25, 0.3) is 0 Å². The van der Waals surface area contributed by atoms with Crippen molar-refractivity contribution >= 4 is 12.2 Å². The summed E-state index contributed by atoms with van der Waals surface area (Å²) in [4.78, 5) is 21.2. The van der Waals surface area contributed by atoms with Crippen molar-refractivity contribution in [1.82, 2.24) is 10.6 Å². The molecule has 0 atom stereocenters. The Morgan fingerprint density at radius 1 is 0.850 bits per heavy atom. The van der Waals surface area contributed by atoms with E-state index in [9.17, 15) is 9.59 Å². The minimum atomic E-state index is -0.943. The Morgan fingerprint density at radius 2 is 1.30 bits per heavy atom. The van der Waals surface area contributed by atoms with Crippen LogP contribution < -0.4 is 10.6 Å². The van der Waals surface area contributed by atoms with E-state index in [1.54, 1.807) is 6.92 Å². The molecular weight excluding hydrogens is 260 g/mol. The average Bonchev–Trinajstić information content (AvgIpc) is 2.40. The fourth-order valence-electron chi connectivity index (χ4n) is 1.88. The van der Waals surface area contributed by atoms with Gasteiger partial charge in [0.25, 0.3) is 0 Å². The number of hydrogen-bond acceptors (Lipinski definition) is 3. The normalized spacial score (nSPS) is 10.1. The number of amides is 2. The zero-order valence-electron chi connectivity index (χ0n) is 12.5. The van der Waals surface area contributed by atoms with Crippen molar-refractivity contribution in [1.29, 1.82) is 0 Å². The molecule has 0 rings (SSSR count). The lowest BCUT2D eigenvalue weighted by atomic mass is 10.1. The van der Waals surface area contributed by atoms with Gasteiger partial charge in [-0.05, 0) is 19.8 Å².